The number of hydrogen-bond donors (Lipinski definition) is 1. The molecule has 1 N–H and O–H groups in total. The summed E-state index contributed by atoms with van der Waals surface area (Å²) >= 11 is 5.75. The summed E-state index contributed by atoms with van der Waals surface area (Å²) in [5.41, 5.74) is 0. The van der Waals surface area contributed by atoms with Gasteiger partial charge in [-0.05, 0) is 30.3 Å². The number of para-hydroxylation sites is 1. The Morgan fingerprint density at radius 3 is 2.46 bits per heavy atom. The molecular formula is C15H14ClF2NO4S. The molecule has 0 atom stereocenters. The highest BCUT2D eigenvalue weighted by molar-refractivity contribution is 7.89. The monoisotopic (exact) mass is 377 g/mol. The average Bonchev–Trinajstić information content (AvgIpc) is 2.54. The van der Waals surface area contributed by atoms with Gasteiger partial charge in [-0.2, -0.15) is 8.78 Å². The number of rotatable bonds is 8. The summed E-state index contributed by atoms with van der Waals surface area (Å²) in [7, 11) is -3.84. The molecule has 130 valence electrons. The van der Waals surface area contributed by atoms with E-state index in [4.69, 9.17) is 16.3 Å². The van der Waals surface area contributed by atoms with Crippen LogP contribution in [0.3, 0.4) is 0 Å². The Hall–Kier alpha value is -1.90. The Kier molecular flexibility index (Phi) is 6.36. The minimum absolute atomic E-state index is 0.0319. The molecule has 0 saturated heterocycles. The van der Waals surface area contributed by atoms with Crippen LogP contribution in [-0.4, -0.2) is 28.2 Å². The fraction of sp³-hybridized carbons (Fsp3) is 0.200. The molecule has 0 unspecified atom stereocenters. The zero-order valence-corrected chi connectivity index (χ0v) is 13.9. The molecule has 0 aliphatic rings. The maximum Gasteiger partial charge on any atom is 0.387 e. The highest BCUT2D eigenvalue weighted by Gasteiger charge is 2.17. The molecule has 0 aliphatic heterocycles. The van der Waals surface area contributed by atoms with Gasteiger partial charge in [-0.15, -0.1) is 0 Å². The minimum Gasteiger partial charge on any atom is -0.492 e. The first-order valence-corrected chi connectivity index (χ1v) is 8.66. The Balaban J connectivity index is 1.93. The van der Waals surface area contributed by atoms with Crippen molar-refractivity contribution >= 4 is 21.6 Å². The van der Waals surface area contributed by atoms with Crippen LogP contribution in [0.1, 0.15) is 0 Å². The van der Waals surface area contributed by atoms with Crippen molar-refractivity contribution in [1.82, 2.24) is 4.72 Å². The molecule has 0 radical (unpaired) electrons. The van der Waals surface area contributed by atoms with Gasteiger partial charge < -0.3 is 9.47 Å². The van der Waals surface area contributed by atoms with Crippen molar-refractivity contribution in [2.75, 3.05) is 13.2 Å². The Labute approximate surface area is 143 Å². The standard InChI is InChI=1S/C15H14ClF2NO4S/c16-13-10-12(6-7-14(13)23-15(17)18)24(20,21)19-8-9-22-11-4-2-1-3-5-11/h1-7,10,15,19H,8-9H2. The van der Waals surface area contributed by atoms with E-state index in [1.54, 1.807) is 24.3 Å². The molecule has 24 heavy (non-hydrogen) atoms. The SMILES string of the molecule is O=S(=O)(NCCOc1ccccc1)c1ccc(OC(F)F)c(Cl)c1. The van der Waals surface area contributed by atoms with Crippen molar-refractivity contribution in [1.29, 1.82) is 0 Å². The molecular weight excluding hydrogens is 364 g/mol. The largest absolute Gasteiger partial charge is 0.492 e. The van der Waals surface area contributed by atoms with Gasteiger partial charge in [0.25, 0.3) is 0 Å². The van der Waals surface area contributed by atoms with Crippen molar-refractivity contribution in [3.8, 4) is 11.5 Å². The summed E-state index contributed by atoms with van der Waals surface area (Å²) in [6.45, 7) is -2.88. The van der Waals surface area contributed by atoms with E-state index >= 15 is 0 Å². The van der Waals surface area contributed by atoms with Gasteiger partial charge in [-0.25, -0.2) is 13.1 Å². The fourth-order valence-corrected chi connectivity index (χ4v) is 3.11. The highest BCUT2D eigenvalue weighted by atomic mass is 35.5. The summed E-state index contributed by atoms with van der Waals surface area (Å²) < 4.78 is 60.4. The van der Waals surface area contributed by atoms with Gasteiger partial charge in [-0.3, -0.25) is 0 Å². The summed E-state index contributed by atoms with van der Waals surface area (Å²) in [5, 5.41) is -0.223. The lowest BCUT2D eigenvalue weighted by molar-refractivity contribution is -0.0498. The molecule has 0 aromatic heterocycles. The topological polar surface area (TPSA) is 64.6 Å². The van der Waals surface area contributed by atoms with Crippen molar-refractivity contribution < 1.29 is 26.7 Å². The van der Waals surface area contributed by atoms with E-state index in [2.05, 4.69) is 9.46 Å². The van der Waals surface area contributed by atoms with Crippen LogP contribution in [0.15, 0.2) is 53.4 Å². The molecule has 2 aromatic carbocycles. The first-order chi connectivity index (χ1) is 11.4. The normalized spacial score (nSPS) is 11.5. The second kappa shape index (κ2) is 8.27. The van der Waals surface area contributed by atoms with Gasteiger partial charge in [-0.1, -0.05) is 29.8 Å². The van der Waals surface area contributed by atoms with Gasteiger partial charge in [0.1, 0.15) is 18.1 Å². The van der Waals surface area contributed by atoms with Crippen molar-refractivity contribution in [3.63, 3.8) is 0 Å². The number of sulfonamides is 1. The van der Waals surface area contributed by atoms with Gasteiger partial charge in [0.05, 0.1) is 9.92 Å². The Morgan fingerprint density at radius 2 is 1.83 bits per heavy atom. The summed E-state index contributed by atoms with van der Waals surface area (Å²) in [6, 6.07) is 12.2. The quantitative estimate of drug-likeness (QED) is 0.717. The molecule has 9 heteroatoms. The molecule has 0 amide bonds. The molecule has 0 spiro atoms. The van der Waals surface area contributed by atoms with Crippen LogP contribution >= 0.6 is 11.6 Å². The van der Waals surface area contributed by atoms with Crippen LogP contribution in [0.2, 0.25) is 5.02 Å². The second-order valence-electron chi connectivity index (χ2n) is 4.53. The second-order valence-corrected chi connectivity index (χ2v) is 6.70. The third-order valence-corrected chi connectivity index (χ3v) is 4.59. The number of benzene rings is 2. The van der Waals surface area contributed by atoms with E-state index < -0.39 is 16.6 Å². The Morgan fingerprint density at radius 1 is 1.12 bits per heavy atom. The molecule has 5 nitrogen and oxygen atoms in total. The van der Waals surface area contributed by atoms with Crippen molar-refractivity contribution in [2.24, 2.45) is 0 Å². The van der Waals surface area contributed by atoms with Gasteiger partial charge in [0.15, 0.2) is 0 Å². The van der Waals surface area contributed by atoms with Gasteiger partial charge in [0.2, 0.25) is 10.0 Å². The number of nitrogens with one attached hydrogen (secondary N) is 1. The molecule has 0 heterocycles. The van der Waals surface area contributed by atoms with Crippen LogP contribution in [-0.2, 0) is 10.0 Å². The first kappa shape index (κ1) is 18.4. The van der Waals surface area contributed by atoms with Gasteiger partial charge in [0, 0.05) is 6.54 Å². The fourth-order valence-electron chi connectivity index (χ4n) is 1.79. The minimum atomic E-state index is -3.84. The zero-order chi connectivity index (χ0) is 17.6. The Bertz CT molecular complexity index is 772. The number of hydrogen-bond acceptors (Lipinski definition) is 4. The van der Waals surface area contributed by atoms with Crippen LogP contribution in [0.5, 0.6) is 11.5 Å². The lowest BCUT2D eigenvalue weighted by Crippen LogP contribution is -2.28. The van der Waals surface area contributed by atoms with Gasteiger partial charge >= 0.3 is 6.61 Å². The summed E-state index contributed by atoms with van der Waals surface area (Å²) in [5.74, 6) is 0.325. The lowest BCUT2D eigenvalue weighted by atomic mass is 10.3. The maximum atomic E-state index is 12.2. The van der Waals surface area contributed by atoms with Crippen LogP contribution in [0, 0.1) is 0 Å². The zero-order valence-electron chi connectivity index (χ0n) is 12.3. The smallest absolute Gasteiger partial charge is 0.387 e. The molecule has 0 bridgehead atoms. The average molecular weight is 378 g/mol. The number of halogens is 3. The third kappa shape index (κ3) is 5.33. The van der Waals surface area contributed by atoms with E-state index in [9.17, 15) is 17.2 Å². The van der Waals surface area contributed by atoms with Crippen LogP contribution in [0.25, 0.3) is 0 Å². The van der Waals surface area contributed by atoms with Crippen molar-refractivity contribution in [2.45, 2.75) is 11.5 Å². The molecule has 0 saturated carbocycles. The third-order valence-electron chi connectivity index (χ3n) is 2.84. The summed E-state index contributed by atoms with van der Waals surface area (Å²) in [4.78, 5) is -0.158. The number of ether oxygens (including phenoxy) is 2. The lowest BCUT2D eigenvalue weighted by Gasteiger charge is -2.10. The van der Waals surface area contributed by atoms with E-state index in [0.717, 1.165) is 18.2 Å². The van der Waals surface area contributed by atoms with Crippen LogP contribution in [0.4, 0.5) is 8.78 Å². The molecule has 2 rings (SSSR count). The molecule has 2 aromatic rings. The molecule has 0 fully saturated rings. The first-order valence-electron chi connectivity index (χ1n) is 6.80. The van der Waals surface area contributed by atoms with E-state index in [1.807, 2.05) is 6.07 Å². The van der Waals surface area contributed by atoms with E-state index in [-0.39, 0.29) is 28.8 Å². The maximum absolute atomic E-state index is 12.2. The highest BCUT2D eigenvalue weighted by Crippen LogP contribution is 2.28. The van der Waals surface area contributed by atoms with Crippen LogP contribution < -0.4 is 14.2 Å². The van der Waals surface area contributed by atoms with E-state index in [1.165, 1.54) is 0 Å². The van der Waals surface area contributed by atoms with Crippen molar-refractivity contribution in [3.05, 3.63) is 53.6 Å². The van der Waals surface area contributed by atoms with E-state index in [0.29, 0.717) is 5.75 Å². The predicted molar refractivity (Wildman–Crippen MR) is 85.2 cm³/mol. The number of alkyl halides is 2. The summed E-state index contributed by atoms with van der Waals surface area (Å²) in [6.07, 6.45) is 0. The molecule has 0 aliphatic carbocycles. The predicted octanol–water partition coefficient (Wildman–Crippen LogP) is 3.30.